The zero-order valence-electron chi connectivity index (χ0n) is 18.8. The Morgan fingerprint density at radius 2 is 1.90 bits per heavy atom. The molecule has 2 aromatic carbocycles. The Morgan fingerprint density at radius 3 is 2.55 bits per heavy atom. The standard InChI is InChI=1S/C24H32N4O3/c1-25-23(29)18-7-5-6-17(12-18)8-10-27-24(26-2)28-11-9-19(16-28)20-13-21(30-3)15-22(14-20)31-4/h5-7,12-15,19H,8-11,16H2,1-4H3,(H,25,29)(H,26,27). The molecule has 0 spiro atoms. The highest BCUT2D eigenvalue weighted by atomic mass is 16.5. The van der Waals surface area contributed by atoms with Crippen LogP contribution in [0.2, 0.25) is 0 Å². The molecule has 0 saturated carbocycles. The number of carbonyl (C=O) groups is 1. The van der Waals surface area contributed by atoms with Gasteiger partial charge in [-0.3, -0.25) is 9.79 Å². The van der Waals surface area contributed by atoms with E-state index in [0.717, 1.165) is 55.5 Å². The molecular formula is C24H32N4O3. The Balaban J connectivity index is 1.57. The zero-order valence-corrected chi connectivity index (χ0v) is 18.8. The van der Waals surface area contributed by atoms with Gasteiger partial charge in [0.2, 0.25) is 0 Å². The SMILES string of the molecule is CN=C(NCCc1cccc(C(=O)NC)c1)N1CCC(c2cc(OC)cc(OC)c2)C1. The molecule has 1 saturated heterocycles. The first kappa shape index (κ1) is 22.5. The van der Waals surface area contributed by atoms with Crippen LogP contribution in [0.4, 0.5) is 0 Å². The number of carbonyl (C=O) groups excluding carboxylic acids is 1. The number of aliphatic imine (C=N–C) groups is 1. The van der Waals surface area contributed by atoms with Gasteiger partial charge in [0.1, 0.15) is 11.5 Å². The van der Waals surface area contributed by atoms with Gasteiger partial charge in [-0.05, 0) is 48.2 Å². The van der Waals surface area contributed by atoms with Crippen molar-refractivity contribution in [3.05, 3.63) is 59.2 Å². The molecular weight excluding hydrogens is 392 g/mol. The number of hydrogen-bond acceptors (Lipinski definition) is 4. The third kappa shape index (κ3) is 5.69. The minimum atomic E-state index is -0.0668. The van der Waals surface area contributed by atoms with Crippen molar-refractivity contribution < 1.29 is 14.3 Å². The summed E-state index contributed by atoms with van der Waals surface area (Å²) in [7, 11) is 6.81. The van der Waals surface area contributed by atoms with E-state index < -0.39 is 0 Å². The maximum atomic E-state index is 11.8. The number of rotatable bonds is 7. The molecule has 7 nitrogen and oxygen atoms in total. The maximum absolute atomic E-state index is 11.8. The molecule has 31 heavy (non-hydrogen) atoms. The molecule has 2 aromatic rings. The lowest BCUT2D eigenvalue weighted by Gasteiger charge is -2.22. The lowest BCUT2D eigenvalue weighted by molar-refractivity contribution is 0.0963. The van der Waals surface area contributed by atoms with Crippen LogP contribution in [-0.4, -0.2) is 64.7 Å². The maximum Gasteiger partial charge on any atom is 0.251 e. The highest BCUT2D eigenvalue weighted by Crippen LogP contribution is 2.32. The molecule has 1 heterocycles. The normalized spacial score (nSPS) is 16.2. The fourth-order valence-electron chi connectivity index (χ4n) is 3.95. The molecule has 0 bridgehead atoms. The molecule has 0 aromatic heterocycles. The number of methoxy groups -OCH3 is 2. The molecule has 1 aliphatic rings. The molecule has 1 atom stereocenters. The van der Waals surface area contributed by atoms with Crippen LogP contribution >= 0.6 is 0 Å². The molecule has 1 fully saturated rings. The second-order valence-electron chi connectivity index (χ2n) is 7.58. The van der Waals surface area contributed by atoms with Crippen molar-refractivity contribution in [1.29, 1.82) is 0 Å². The van der Waals surface area contributed by atoms with Gasteiger partial charge in [-0.25, -0.2) is 0 Å². The summed E-state index contributed by atoms with van der Waals surface area (Å²) in [5.41, 5.74) is 3.02. The number of likely N-dealkylation sites (tertiary alicyclic amines) is 1. The van der Waals surface area contributed by atoms with E-state index >= 15 is 0 Å². The van der Waals surface area contributed by atoms with Crippen LogP contribution in [0.25, 0.3) is 0 Å². The van der Waals surface area contributed by atoms with Crippen molar-refractivity contribution >= 4 is 11.9 Å². The summed E-state index contributed by atoms with van der Waals surface area (Å²) in [6.45, 7) is 2.58. The largest absolute Gasteiger partial charge is 0.497 e. The number of benzene rings is 2. The molecule has 0 radical (unpaired) electrons. The van der Waals surface area contributed by atoms with Crippen LogP contribution in [-0.2, 0) is 6.42 Å². The highest BCUT2D eigenvalue weighted by molar-refractivity contribution is 5.94. The molecule has 1 amide bonds. The van der Waals surface area contributed by atoms with Gasteiger partial charge in [0.15, 0.2) is 5.96 Å². The van der Waals surface area contributed by atoms with Gasteiger partial charge in [0.05, 0.1) is 14.2 Å². The third-order valence-electron chi connectivity index (χ3n) is 5.66. The molecule has 1 unspecified atom stereocenters. The van der Waals surface area contributed by atoms with Gasteiger partial charge in [-0.1, -0.05) is 12.1 Å². The van der Waals surface area contributed by atoms with Crippen LogP contribution in [0.15, 0.2) is 47.5 Å². The first-order valence-electron chi connectivity index (χ1n) is 10.6. The second kappa shape index (κ2) is 10.7. The molecule has 7 heteroatoms. The third-order valence-corrected chi connectivity index (χ3v) is 5.66. The summed E-state index contributed by atoms with van der Waals surface area (Å²) in [5.74, 6) is 2.86. The lowest BCUT2D eigenvalue weighted by Crippen LogP contribution is -2.40. The van der Waals surface area contributed by atoms with Gasteiger partial charge in [0, 0.05) is 51.3 Å². The van der Waals surface area contributed by atoms with Crippen molar-refractivity contribution in [3.63, 3.8) is 0 Å². The van der Waals surface area contributed by atoms with E-state index in [4.69, 9.17) is 9.47 Å². The minimum Gasteiger partial charge on any atom is -0.497 e. The van der Waals surface area contributed by atoms with Crippen LogP contribution < -0.4 is 20.1 Å². The van der Waals surface area contributed by atoms with E-state index in [-0.39, 0.29) is 5.91 Å². The van der Waals surface area contributed by atoms with Gasteiger partial charge in [-0.2, -0.15) is 0 Å². The minimum absolute atomic E-state index is 0.0668. The van der Waals surface area contributed by atoms with Gasteiger partial charge in [-0.15, -0.1) is 0 Å². The zero-order chi connectivity index (χ0) is 22.2. The number of guanidine groups is 1. The van der Waals surface area contributed by atoms with Crippen molar-refractivity contribution in [2.24, 2.45) is 4.99 Å². The highest BCUT2D eigenvalue weighted by Gasteiger charge is 2.26. The monoisotopic (exact) mass is 424 g/mol. The Hall–Kier alpha value is -3.22. The Bertz CT molecular complexity index is 907. The topological polar surface area (TPSA) is 75.2 Å². The van der Waals surface area contributed by atoms with E-state index in [2.05, 4.69) is 32.7 Å². The Kier molecular flexibility index (Phi) is 7.76. The molecule has 0 aliphatic carbocycles. The predicted molar refractivity (Wildman–Crippen MR) is 123 cm³/mol. The van der Waals surface area contributed by atoms with Crippen molar-refractivity contribution in [2.75, 3.05) is 47.9 Å². The summed E-state index contributed by atoms with van der Waals surface area (Å²) < 4.78 is 10.8. The van der Waals surface area contributed by atoms with Crippen LogP contribution in [0.5, 0.6) is 11.5 Å². The molecule has 1 aliphatic heterocycles. The number of ether oxygens (including phenoxy) is 2. The first-order valence-corrected chi connectivity index (χ1v) is 10.6. The summed E-state index contributed by atoms with van der Waals surface area (Å²) in [5, 5.41) is 6.13. The predicted octanol–water partition coefficient (Wildman–Crippen LogP) is 2.67. The number of nitrogens with zero attached hydrogens (tertiary/aromatic N) is 2. The van der Waals surface area contributed by atoms with Gasteiger partial charge < -0.3 is 25.0 Å². The lowest BCUT2D eigenvalue weighted by atomic mass is 9.98. The number of nitrogens with one attached hydrogen (secondary N) is 2. The Morgan fingerprint density at radius 1 is 1.16 bits per heavy atom. The van der Waals surface area contributed by atoms with E-state index in [9.17, 15) is 4.79 Å². The van der Waals surface area contributed by atoms with Crippen molar-refractivity contribution in [1.82, 2.24) is 15.5 Å². The Labute approximate surface area is 184 Å². The summed E-state index contributed by atoms with van der Waals surface area (Å²) >= 11 is 0. The smallest absolute Gasteiger partial charge is 0.251 e. The summed E-state index contributed by atoms with van der Waals surface area (Å²) in [6.07, 6.45) is 1.86. The number of amides is 1. The van der Waals surface area contributed by atoms with Gasteiger partial charge in [0.25, 0.3) is 5.91 Å². The van der Waals surface area contributed by atoms with Crippen LogP contribution in [0, 0.1) is 0 Å². The van der Waals surface area contributed by atoms with Crippen LogP contribution in [0.1, 0.15) is 33.8 Å². The fourth-order valence-corrected chi connectivity index (χ4v) is 3.95. The second-order valence-corrected chi connectivity index (χ2v) is 7.58. The average Bonchev–Trinajstić information content (AvgIpc) is 3.31. The van der Waals surface area contributed by atoms with E-state index in [0.29, 0.717) is 11.5 Å². The van der Waals surface area contributed by atoms with E-state index in [1.54, 1.807) is 21.3 Å². The van der Waals surface area contributed by atoms with Crippen LogP contribution in [0.3, 0.4) is 0 Å². The average molecular weight is 425 g/mol. The fraction of sp³-hybridized carbons (Fsp3) is 0.417. The van der Waals surface area contributed by atoms with E-state index in [1.807, 2.05) is 37.4 Å². The van der Waals surface area contributed by atoms with E-state index in [1.165, 1.54) is 5.56 Å². The summed E-state index contributed by atoms with van der Waals surface area (Å²) in [6, 6.07) is 13.8. The molecule has 2 N–H and O–H groups in total. The number of hydrogen-bond donors (Lipinski definition) is 2. The first-order chi connectivity index (χ1) is 15.1. The molecule has 166 valence electrons. The quantitative estimate of drug-likeness (QED) is 0.528. The molecule has 3 rings (SSSR count). The van der Waals surface area contributed by atoms with Crippen molar-refractivity contribution in [2.45, 2.75) is 18.8 Å². The van der Waals surface area contributed by atoms with Gasteiger partial charge >= 0.3 is 0 Å². The van der Waals surface area contributed by atoms with Crippen molar-refractivity contribution in [3.8, 4) is 11.5 Å². The summed E-state index contributed by atoms with van der Waals surface area (Å²) in [4.78, 5) is 18.6.